The van der Waals surface area contributed by atoms with Crippen molar-refractivity contribution in [2.45, 2.75) is 26.3 Å². The molecule has 1 heterocycles. The van der Waals surface area contributed by atoms with Crippen molar-refractivity contribution in [2.24, 2.45) is 0 Å². The Morgan fingerprint density at radius 1 is 1.12 bits per heavy atom. The molecule has 0 aliphatic heterocycles. The van der Waals surface area contributed by atoms with Gasteiger partial charge in [0.05, 0.1) is 12.5 Å². The van der Waals surface area contributed by atoms with Crippen LogP contribution in [0.25, 0.3) is 11.0 Å². The monoisotopic (exact) mass is 351 g/mol. The third-order valence-corrected chi connectivity index (χ3v) is 4.21. The van der Waals surface area contributed by atoms with Crippen molar-refractivity contribution in [1.82, 2.24) is 5.32 Å². The van der Waals surface area contributed by atoms with Gasteiger partial charge in [-0.25, -0.2) is 0 Å². The number of ether oxygens (including phenoxy) is 1. The highest BCUT2D eigenvalue weighted by Crippen LogP contribution is 2.23. The summed E-state index contributed by atoms with van der Waals surface area (Å²) >= 11 is 0. The molecule has 0 spiro atoms. The molecule has 0 aliphatic carbocycles. The zero-order chi connectivity index (χ0) is 18.5. The summed E-state index contributed by atoms with van der Waals surface area (Å²) in [6.45, 7) is 3.45. The van der Waals surface area contributed by atoms with Crippen LogP contribution in [-0.4, -0.2) is 18.5 Å². The Labute approximate surface area is 152 Å². The minimum Gasteiger partial charge on any atom is -0.459 e. The standard InChI is InChI=1S/C21H21NO4/c1-14-7-3-4-8-16(14)12-21(24)25-13-20(23)22-15(2)19-11-17-9-5-6-10-18(17)26-19/h3-11,15H,12-13H2,1-2H3,(H,22,23)/t15-/m0/s1. The second-order valence-corrected chi connectivity index (χ2v) is 6.24. The first-order chi connectivity index (χ1) is 12.5. The molecular formula is C21H21NO4. The van der Waals surface area contributed by atoms with Gasteiger partial charge in [0.25, 0.3) is 5.91 Å². The smallest absolute Gasteiger partial charge is 0.310 e. The molecular weight excluding hydrogens is 330 g/mol. The number of benzene rings is 2. The highest BCUT2D eigenvalue weighted by Gasteiger charge is 2.16. The molecule has 1 N–H and O–H groups in total. The van der Waals surface area contributed by atoms with E-state index in [1.807, 2.05) is 68.4 Å². The molecule has 26 heavy (non-hydrogen) atoms. The Kier molecular flexibility index (Phi) is 5.37. The summed E-state index contributed by atoms with van der Waals surface area (Å²) in [6, 6.07) is 16.8. The van der Waals surface area contributed by atoms with E-state index < -0.39 is 5.97 Å². The van der Waals surface area contributed by atoms with E-state index >= 15 is 0 Å². The SMILES string of the molecule is Cc1ccccc1CC(=O)OCC(=O)N[C@@H](C)c1cc2ccccc2o1. The van der Waals surface area contributed by atoms with Gasteiger partial charge in [0.2, 0.25) is 0 Å². The maximum Gasteiger partial charge on any atom is 0.310 e. The summed E-state index contributed by atoms with van der Waals surface area (Å²) in [5, 5.41) is 3.76. The van der Waals surface area contributed by atoms with Crippen molar-refractivity contribution >= 4 is 22.8 Å². The van der Waals surface area contributed by atoms with E-state index in [0.717, 1.165) is 22.1 Å². The molecule has 5 heteroatoms. The van der Waals surface area contributed by atoms with Crippen molar-refractivity contribution in [3.8, 4) is 0 Å². The summed E-state index contributed by atoms with van der Waals surface area (Å²) in [5.41, 5.74) is 2.69. The van der Waals surface area contributed by atoms with Gasteiger partial charge in [0.15, 0.2) is 6.61 Å². The first-order valence-electron chi connectivity index (χ1n) is 8.51. The lowest BCUT2D eigenvalue weighted by Crippen LogP contribution is -2.31. The number of furan rings is 1. The molecule has 0 radical (unpaired) electrons. The molecule has 2 aromatic carbocycles. The largest absolute Gasteiger partial charge is 0.459 e. The number of esters is 1. The molecule has 0 bridgehead atoms. The van der Waals surface area contributed by atoms with Crippen LogP contribution in [0.15, 0.2) is 59.0 Å². The van der Waals surface area contributed by atoms with Crippen molar-refractivity contribution in [3.63, 3.8) is 0 Å². The maximum atomic E-state index is 12.0. The van der Waals surface area contributed by atoms with E-state index in [1.54, 1.807) is 0 Å². The van der Waals surface area contributed by atoms with Crippen LogP contribution in [0.1, 0.15) is 29.9 Å². The van der Waals surface area contributed by atoms with Crippen LogP contribution in [0.5, 0.6) is 0 Å². The number of carbonyl (C=O) groups excluding carboxylic acids is 2. The van der Waals surface area contributed by atoms with E-state index in [0.29, 0.717) is 5.76 Å². The van der Waals surface area contributed by atoms with Crippen molar-refractivity contribution in [1.29, 1.82) is 0 Å². The van der Waals surface area contributed by atoms with Crippen molar-refractivity contribution in [2.75, 3.05) is 6.61 Å². The highest BCUT2D eigenvalue weighted by molar-refractivity contribution is 5.82. The molecule has 0 unspecified atom stereocenters. The van der Waals surface area contributed by atoms with Crippen molar-refractivity contribution in [3.05, 3.63) is 71.5 Å². The van der Waals surface area contributed by atoms with Gasteiger partial charge in [-0.2, -0.15) is 0 Å². The van der Waals surface area contributed by atoms with Crippen LogP contribution in [-0.2, 0) is 20.7 Å². The van der Waals surface area contributed by atoms with Crippen LogP contribution >= 0.6 is 0 Å². The lowest BCUT2D eigenvalue weighted by Gasteiger charge is -2.12. The molecule has 3 aromatic rings. The Hall–Kier alpha value is -3.08. The van der Waals surface area contributed by atoms with Gasteiger partial charge in [-0.15, -0.1) is 0 Å². The number of rotatable bonds is 6. The van der Waals surface area contributed by atoms with Crippen LogP contribution in [0, 0.1) is 6.92 Å². The van der Waals surface area contributed by atoms with E-state index in [1.165, 1.54) is 0 Å². The number of aryl methyl sites for hydroxylation is 1. The van der Waals surface area contributed by atoms with Gasteiger partial charge in [-0.3, -0.25) is 9.59 Å². The highest BCUT2D eigenvalue weighted by atomic mass is 16.5. The fourth-order valence-electron chi connectivity index (χ4n) is 2.73. The number of carbonyl (C=O) groups is 2. The fourth-order valence-corrected chi connectivity index (χ4v) is 2.73. The lowest BCUT2D eigenvalue weighted by atomic mass is 10.1. The van der Waals surface area contributed by atoms with Crippen LogP contribution in [0.2, 0.25) is 0 Å². The molecule has 0 fully saturated rings. The van der Waals surface area contributed by atoms with Crippen molar-refractivity contribution < 1.29 is 18.7 Å². The number of amides is 1. The fraction of sp³-hybridized carbons (Fsp3) is 0.238. The zero-order valence-corrected chi connectivity index (χ0v) is 14.8. The van der Waals surface area contributed by atoms with Gasteiger partial charge >= 0.3 is 5.97 Å². The van der Waals surface area contributed by atoms with E-state index in [9.17, 15) is 9.59 Å². The van der Waals surface area contributed by atoms with Gasteiger partial charge < -0.3 is 14.5 Å². The average Bonchev–Trinajstić information content (AvgIpc) is 3.06. The maximum absolute atomic E-state index is 12.0. The normalized spacial score (nSPS) is 11.9. The third-order valence-electron chi connectivity index (χ3n) is 4.21. The summed E-state index contributed by atoms with van der Waals surface area (Å²) < 4.78 is 10.8. The molecule has 1 amide bonds. The number of fused-ring (bicyclic) bond motifs is 1. The van der Waals surface area contributed by atoms with E-state index in [-0.39, 0.29) is 25.0 Å². The molecule has 0 saturated carbocycles. The quantitative estimate of drug-likeness (QED) is 0.688. The molecule has 1 aromatic heterocycles. The second kappa shape index (κ2) is 7.87. The Morgan fingerprint density at radius 2 is 1.85 bits per heavy atom. The third kappa shape index (κ3) is 4.30. The summed E-state index contributed by atoms with van der Waals surface area (Å²) in [5.74, 6) is -0.132. The topological polar surface area (TPSA) is 68.5 Å². The van der Waals surface area contributed by atoms with E-state index in [4.69, 9.17) is 9.15 Å². The minimum atomic E-state index is -0.425. The summed E-state index contributed by atoms with van der Waals surface area (Å²) in [4.78, 5) is 24.0. The van der Waals surface area contributed by atoms with Gasteiger partial charge in [0, 0.05) is 5.39 Å². The Balaban J connectivity index is 1.50. The Morgan fingerprint density at radius 3 is 2.62 bits per heavy atom. The predicted octanol–water partition coefficient (Wildman–Crippen LogP) is 3.70. The molecule has 134 valence electrons. The summed E-state index contributed by atoms with van der Waals surface area (Å²) in [7, 11) is 0. The van der Waals surface area contributed by atoms with E-state index in [2.05, 4.69) is 5.32 Å². The molecule has 0 aliphatic rings. The second-order valence-electron chi connectivity index (χ2n) is 6.24. The summed E-state index contributed by atoms with van der Waals surface area (Å²) in [6.07, 6.45) is 0.152. The number of nitrogens with one attached hydrogen (secondary N) is 1. The lowest BCUT2D eigenvalue weighted by molar-refractivity contribution is -0.148. The molecule has 1 atom stereocenters. The molecule has 5 nitrogen and oxygen atoms in total. The van der Waals surface area contributed by atoms with Gasteiger partial charge in [-0.05, 0) is 37.1 Å². The van der Waals surface area contributed by atoms with Gasteiger partial charge in [-0.1, -0.05) is 42.5 Å². The molecule has 0 saturated heterocycles. The number of hydrogen-bond donors (Lipinski definition) is 1. The Bertz CT molecular complexity index is 895. The zero-order valence-electron chi connectivity index (χ0n) is 14.8. The number of para-hydroxylation sites is 1. The molecule has 3 rings (SSSR count). The average molecular weight is 351 g/mol. The first-order valence-corrected chi connectivity index (χ1v) is 8.51. The van der Waals surface area contributed by atoms with Crippen LogP contribution < -0.4 is 5.32 Å². The van der Waals surface area contributed by atoms with Gasteiger partial charge in [0.1, 0.15) is 11.3 Å². The predicted molar refractivity (Wildman–Crippen MR) is 98.6 cm³/mol. The first kappa shape index (κ1) is 17.7. The number of hydrogen-bond acceptors (Lipinski definition) is 4. The minimum absolute atomic E-state index is 0.152. The van der Waals surface area contributed by atoms with Crippen LogP contribution in [0.3, 0.4) is 0 Å². The van der Waals surface area contributed by atoms with Crippen LogP contribution in [0.4, 0.5) is 0 Å².